The molecule has 0 aromatic heterocycles. The van der Waals surface area contributed by atoms with Crippen LogP contribution in [0.5, 0.6) is 0 Å². The third-order valence-electron chi connectivity index (χ3n) is 17.3. The van der Waals surface area contributed by atoms with Gasteiger partial charge in [-0.05, 0) is 37.5 Å². The molecule has 92 heavy (non-hydrogen) atoms. The van der Waals surface area contributed by atoms with E-state index in [1.54, 1.807) is 0 Å². The van der Waals surface area contributed by atoms with Crippen molar-refractivity contribution in [3.63, 3.8) is 0 Å². The molecule has 0 spiro atoms. The summed E-state index contributed by atoms with van der Waals surface area (Å²) in [5.74, 6) is -0.472. The number of carbonyl (C=O) groups is 4. The van der Waals surface area contributed by atoms with E-state index in [9.17, 15) is 43.2 Å². The number of carbonyl (C=O) groups excluding carboxylic acids is 4. The van der Waals surface area contributed by atoms with Gasteiger partial charge in [-0.25, -0.2) is 9.13 Å². The summed E-state index contributed by atoms with van der Waals surface area (Å²) in [7, 11) is -9.89. The van der Waals surface area contributed by atoms with Crippen LogP contribution in [0.4, 0.5) is 0 Å². The largest absolute Gasteiger partial charge is 0.472 e. The molecule has 3 N–H and O–H groups in total. The molecule has 0 radical (unpaired) electrons. The number of esters is 4. The molecule has 0 rings (SSSR count). The van der Waals surface area contributed by atoms with E-state index in [0.717, 1.165) is 108 Å². The maximum atomic E-state index is 13.1. The second kappa shape index (κ2) is 65.0. The van der Waals surface area contributed by atoms with Crippen LogP contribution in [0.25, 0.3) is 0 Å². The summed E-state index contributed by atoms with van der Waals surface area (Å²) < 4.78 is 68.1. The minimum atomic E-state index is -4.95. The summed E-state index contributed by atoms with van der Waals surface area (Å²) >= 11 is 0. The number of ether oxygens (including phenoxy) is 4. The van der Waals surface area contributed by atoms with Gasteiger partial charge in [0, 0.05) is 25.7 Å². The van der Waals surface area contributed by atoms with E-state index in [-0.39, 0.29) is 25.7 Å². The number of aliphatic hydroxyl groups is 1. The summed E-state index contributed by atoms with van der Waals surface area (Å²) in [5.41, 5.74) is 0. The smallest absolute Gasteiger partial charge is 0.462 e. The van der Waals surface area contributed by atoms with Gasteiger partial charge in [0.1, 0.15) is 19.3 Å². The number of phosphoric acid groups is 2. The lowest BCUT2D eigenvalue weighted by Crippen LogP contribution is -2.30. The first-order valence-electron chi connectivity index (χ1n) is 38.0. The third kappa shape index (κ3) is 65.4. The third-order valence-corrected chi connectivity index (χ3v) is 19.2. The fourth-order valence-corrected chi connectivity index (χ4v) is 12.7. The van der Waals surface area contributed by atoms with Crippen molar-refractivity contribution in [1.29, 1.82) is 0 Å². The molecule has 6 atom stereocenters. The molecule has 0 aliphatic heterocycles. The fourth-order valence-electron chi connectivity index (χ4n) is 11.1. The van der Waals surface area contributed by atoms with E-state index in [2.05, 4.69) is 41.5 Å². The Morgan fingerprint density at radius 3 is 0.826 bits per heavy atom. The zero-order chi connectivity index (χ0) is 67.9. The van der Waals surface area contributed by atoms with Gasteiger partial charge in [0.05, 0.1) is 26.4 Å². The van der Waals surface area contributed by atoms with Crippen LogP contribution < -0.4 is 0 Å². The second-order valence-corrected chi connectivity index (χ2v) is 30.0. The number of rotatable bonds is 72. The van der Waals surface area contributed by atoms with Gasteiger partial charge in [-0.1, -0.05) is 324 Å². The Balaban J connectivity index is 5.13. The molecule has 17 nitrogen and oxygen atoms in total. The summed E-state index contributed by atoms with van der Waals surface area (Å²) in [6.45, 7) is 9.56. The number of phosphoric ester groups is 2. The first-order valence-corrected chi connectivity index (χ1v) is 41.0. The van der Waals surface area contributed by atoms with Crippen molar-refractivity contribution < 1.29 is 80.2 Å². The zero-order valence-corrected chi connectivity index (χ0v) is 61.6. The predicted molar refractivity (Wildman–Crippen MR) is 372 cm³/mol. The van der Waals surface area contributed by atoms with E-state index in [1.807, 2.05) is 0 Å². The number of hydrogen-bond donors (Lipinski definition) is 3. The van der Waals surface area contributed by atoms with E-state index in [0.29, 0.717) is 25.7 Å². The van der Waals surface area contributed by atoms with Gasteiger partial charge in [0.15, 0.2) is 12.2 Å². The van der Waals surface area contributed by atoms with Gasteiger partial charge in [0.2, 0.25) is 0 Å². The van der Waals surface area contributed by atoms with E-state index < -0.39 is 97.5 Å². The van der Waals surface area contributed by atoms with Crippen LogP contribution >= 0.6 is 15.6 Å². The molecule has 19 heteroatoms. The molecule has 0 amide bonds. The summed E-state index contributed by atoms with van der Waals surface area (Å²) in [4.78, 5) is 72.3. The average molecular weight is 1350 g/mol. The lowest BCUT2D eigenvalue weighted by atomic mass is 9.99. The molecule has 3 unspecified atom stereocenters. The highest BCUT2D eigenvalue weighted by Crippen LogP contribution is 2.45. The molecule has 546 valence electrons. The number of unbranched alkanes of at least 4 members (excludes halogenated alkanes) is 41. The zero-order valence-electron chi connectivity index (χ0n) is 59.9. The quantitative estimate of drug-likeness (QED) is 0.0222. The average Bonchev–Trinajstić information content (AvgIpc) is 2.63. The first-order chi connectivity index (χ1) is 44.4. The van der Waals surface area contributed by atoms with Gasteiger partial charge in [0.25, 0.3) is 0 Å². The van der Waals surface area contributed by atoms with E-state index in [4.69, 9.17) is 37.0 Å². The molecule has 0 aliphatic rings. The van der Waals surface area contributed by atoms with Gasteiger partial charge >= 0.3 is 39.5 Å². The Bertz CT molecular complexity index is 1790. The van der Waals surface area contributed by atoms with Crippen LogP contribution in [0.2, 0.25) is 0 Å². The van der Waals surface area contributed by atoms with Crippen molar-refractivity contribution in [1.82, 2.24) is 0 Å². The minimum absolute atomic E-state index is 0.106. The first kappa shape index (κ1) is 90.1. The maximum absolute atomic E-state index is 13.1. The topological polar surface area (TPSA) is 237 Å². The summed E-state index contributed by atoms with van der Waals surface area (Å²) in [5, 5.41) is 10.6. The number of hydrogen-bond acceptors (Lipinski definition) is 15. The molecule has 0 heterocycles. The van der Waals surface area contributed by atoms with Crippen LogP contribution in [0, 0.1) is 11.8 Å². The van der Waals surface area contributed by atoms with Crippen LogP contribution in [-0.4, -0.2) is 96.7 Å². The van der Waals surface area contributed by atoms with Crippen molar-refractivity contribution in [3.8, 4) is 0 Å². The van der Waals surface area contributed by atoms with Crippen molar-refractivity contribution in [2.45, 2.75) is 394 Å². The molecule has 0 bridgehead atoms. The highest BCUT2D eigenvalue weighted by atomic mass is 31.2. The van der Waals surface area contributed by atoms with Crippen LogP contribution in [0.3, 0.4) is 0 Å². The fraction of sp³-hybridized carbons (Fsp3) is 0.945. The van der Waals surface area contributed by atoms with Crippen molar-refractivity contribution in [2.24, 2.45) is 11.8 Å². The summed E-state index contributed by atoms with van der Waals surface area (Å²) in [6.07, 6.45) is 51.7. The predicted octanol–water partition coefficient (Wildman–Crippen LogP) is 21.2. The van der Waals surface area contributed by atoms with Crippen molar-refractivity contribution in [3.05, 3.63) is 0 Å². The van der Waals surface area contributed by atoms with Gasteiger partial charge in [-0.3, -0.25) is 37.3 Å². The van der Waals surface area contributed by atoms with Gasteiger partial charge in [-0.15, -0.1) is 0 Å². The molecule has 0 fully saturated rings. The van der Waals surface area contributed by atoms with Crippen molar-refractivity contribution in [2.75, 3.05) is 39.6 Å². The Morgan fingerprint density at radius 1 is 0.315 bits per heavy atom. The Morgan fingerprint density at radius 2 is 0.554 bits per heavy atom. The summed E-state index contributed by atoms with van der Waals surface area (Å²) in [6, 6.07) is 0. The second-order valence-electron chi connectivity index (χ2n) is 27.1. The Labute approximate surface area is 562 Å². The maximum Gasteiger partial charge on any atom is 0.472 e. The van der Waals surface area contributed by atoms with E-state index >= 15 is 0 Å². The molecule has 0 saturated heterocycles. The number of aliphatic hydroxyl groups excluding tert-OH is 1. The van der Waals surface area contributed by atoms with E-state index in [1.165, 1.54) is 186 Å². The highest BCUT2D eigenvalue weighted by Gasteiger charge is 2.30. The van der Waals surface area contributed by atoms with Crippen LogP contribution in [0.15, 0.2) is 0 Å². The van der Waals surface area contributed by atoms with Gasteiger partial charge in [-0.2, -0.15) is 0 Å². The van der Waals surface area contributed by atoms with Crippen molar-refractivity contribution >= 4 is 39.5 Å². The normalized spacial score (nSPS) is 14.4. The molecular weight excluding hydrogens is 1210 g/mol. The molecule has 0 aliphatic carbocycles. The van der Waals surface area contributed by atoms with Crippen LogP contribution in [0.1, 0.15) is 375 Å². The molecule has 0 saturated carbocycles. The van der Waals surface area contributed by atoms with Gasteiger partial charge < -0.3 is 33.8 Å². The highest BCUT2D eigenvalue weighted by molar-refractivity contribution is 7.47. The monoisotopic (exact) mass is 1350 g/mol. The molecular formula is C73H142O17P2. The molecule has 0 aromatic carbocycles. The minimum Gasteiger partial charge on any atom is -0.462 e. The SMILES string of the molecule is CCCCCCCCCCCCC(=O)O[C@H](COC(=O)CCCCCCC)COP(=O)(O)OC[C@H](O)COP(=O)(O)OC[C@@H](COC(=O)CCCCCCCCCCCCCCCCC(C)CC)OC(=O)CCCCCCCCCCCCCCCCCCC(C)C. The molecule has 0 aromatic rings. The van der Waals surface area contributed by atoms with Crippen LogP contribution in [-0.2, 0) is 65.4 Å². The lowest BCUT2D eigenvalue weighted by molar-refractivity contribution is -0.161. The Kier molecular flexibility index (Phi) is 63.7. The lowest BCUT2D eigenvalue weighted by Gasteiger charge is -2.21. The standard InChI is InChI=1S/C73H142O17P2/c1-7-10-12-14-15-16-33-39-45-51-57-72(77)89-68(61-83-70(75)55-49-41-13-11-8-2)63-87-91(79,80)85-59-67(74)60-86-92(81,82)88-64-69(62-84-71(76)56-50-44-38-34-29-25-22-21-24-28-32-37-43-48-54-66(6)9-3)90-73(78)58-52-46-40-35-30-26-20-18-17-19-23-27-31-36-42-47-53-65(4)5/h65-69,74H,7-64H2,1-6H3,(H,79,80)(H,81,82)/t66?,67-,68+,69+/m0/s1. The Hall–Kier alpha value is -1.94.